The lowest BCUT2D eigenvalue weighted by atomic mass is 9.84. The minimum absolute atomic E-state index is 0.296. The molecule has 0 aromatic rings. The molecule has 1 aliphatic rings. The third-order valence-corrected chi connectivity index (χ3v) is 3.69. The van der Waals surface area contributed by atoms with Gasteiger partial charge >= 0.3 is 5.97 Å². The van der Waals surface area contributed by atoms with Crippen molar-refractivity contribution >= 4 is 5.97 Å². The molecule has 16 heavy (non-hydrogen) atoms. The zero-order valence-corrected chi connectivity index (χ0v) is 10.5. The predicted octanol–water partition coefficient (Wildman–Crippen LogP) is 2.80. The molecule has 0 aromatic carbocycles. The number of carbonyl (C=O) groups is 1. The van der Waals surface area contributed by atoms with Gasteiger partial charge in [0.25, 0.3) is 0 Å². The van der Waals surface area contributed by atoms with E-state index in [0.717, 1.165) is 12.8 Å². The maximum Gasteiger partial charge on any atom is 0.320 e. The van der Waals surface area contributed by atoms with Gasteiger partial charge in [0, 0.05) is 6.04 Å². The van der Waals surface area contributed by atoms with Crippen LogP contribution in [0.2, 0.25) is 0 Å². The van der Waals surface area contributed by atoms with E-state index in [1.807, 2.05) is 0 Å². The molecular formula is C13H25NO2. The summed E-state index contributed by atoms with van der Waals surface area (Å²) in [6.45, 7) is 4.13. The van der Waals surface area contributed by atoms with Gasteiger partial charge in [-0.15, -0.1) is 0 Å². The number of nitrogens with one attached hydrogen (secondary N) is 1. The summed E-state index contributed by atoms with van der Waals surface area (Å²) in [5, 5.41) is 12.4. The van der Waals surface area contributed by atoms with Crippen molar-refractivity contribution < 1.29 is 9.90 Å². The molecule has 94 valence electrons. The van der Waals surface area contributed by atoms with Crippen LogP contribution in [0.4, 0.5) is 0 Å². The lowest BCUT2D eigenvalue weighted by molar-refractivity contribution is -0.140. The molecule has 3 heteroatoms. The van der Waals surface area contributed by atoms with Crippen LogP contribution in [0.15, 0.2) is 0 Å². The number of carboxylic acids is 1. The van der Waals surface area contributed by atoms with Gasteiger partial charge in [-0.1, -0.05) is 39.0 Å². The van der Waals surface area contributed by atoms with E-state index in [0.29, 0.717) is 12.0 Å². The minimum atomic E-state index is -0.689. The molecule has 1 saturated carbocycles. The van der Waals surface area contributed by atoms with Crippen molar-refractivity contribution in [3.05, 3.63) is 0 Å². The van der Waals surface area contributed by atoms with Gasteiger partial charge in [-0.25, -0.2) is 0 Å². The number of carboxylic acid groups (broad SMARTS) is 1. The molecule has 1 aliphatic carbocycles. The van der Waals surface area contributed by atoms with Gasteiger partial charge in [0.15, 0.2) is 0 Å². The highest BCUT2D eigenvalue weighted by Gasteiger charge is 2.24. The first-order valence-corrected chi connectivity index (χ1v) is 6.62. The van der Waals surface area contributed by atoms with Gasteiger partial charge in [0.05, 0.1) is 0 Å². The fourth-order valence-electron chi connectivity index (χ4n) is 2.46. The fourth-order valence-corrected chi connectivity index (χ4v) is 2.46. The van der Waals surface area contributed by atoms with Gasteiger partial charge in [-0.3, -0.25) is 4.79 Å². The molecule has 1 rings (SSSR count). The van der Waals surface area contributed by atoms with E-state index in [1.54, 1.807) is 0 Å². The van der Waals surface area contributed by atoms with E-state index >= 15 is 0 Å². The minimum Gasteiger partial charge on any atom is -0.480 e. The molecule has 0 aliphatic heterocycles. The van der Waals surface area contributed by atoms with E-state index in [9.17, 15) is 9.90 Å². The summed E-state index contributed by atoms with van der Waals surface area (Å²) < 4.78 is 0. The molecule has 0 radical (unpaired) electrons. The summed E-state index contributed by atoms with van der Waals surface area (Å²) in [4.78, 5) is 11.2. The Morgan fingerprint density at radius 3 is 2.50 bits per heavy atom. The maximum atomic E-state index is 11.2. The second-order valence-electron chi connectivity index (χ2n) is 5.11. The van der Waals surface area contributed by atoms with Gasteiger partial charge in [-0.2, -0.15) is 0 Å². The molecular weight excluding hydrogens is 202 g/mol. The molecule has 0 heterocycles. The van der Waals surface area contributed by atoms with Crippen LogP contribution in [-0.4, -0.2) is 23.2 Å². The van der Waals surface area contributed by atoms with E-state index < -0.39 is 5.97 Å². The summed E-state index contributed by atoms with van der Waals surface area (Å²) in [5.41, 5.74) is 0. The van der Waals surface area contributed by atoms with Crippen LogP contribution in [0.25, 0.3) is 0 Å². The Labute approximate surface area is 98.6 Å². The first kappa shape index (κ1) is 13.5. The normalized spacial score (nSPS) is 21.6. The highest BCUT2D eigenvalue weighted by molar-refractivity contribution is 5.73. The molecule has 0 aromatic heterocycles. The smallest absolute Gasteiger partial charge is 0.320 e. The van der Waals surface area contributed by atoms with Crippen LogP contribution in [0.3, 0.4) is 0 Å². The first-order valence-electron chi connectivity index (χ1n) is 6.62. The van der Waals surface area contributed by atoms with Crippen molar-refractivity contribution in [1.82, 2.24) is 5.32 Å². The fraction of sp³-hybridized carbons (Fsp3) is 0.923. The van der Waals surface area contributed by atoms with Crippen LogP contribution in [0, 0.1) is 5.92 Å². The zero-order chi connectivity index (χ0) is 12.0. The number of hydrogen-bond donors (Lipinski definition) is 2. The summed E-state index contributed by atoms with van der Waals surface area (Å²) in [7, 11) is 0. The molecule has 0 saturated heterocycles. The number of aliphatic carboxylic acids is 1. The summed E-state index contributed by atoms with van der Waals surface area (Å²) in [5.74, 6) is -0.0720. The second kappa shape index (κ2) is 6.89. The summed E-state index contributed by atoms with van der Waals surface area (Å²) in [6.07, 6.45) is 8.10. The first-order chi connectivity index (χ1) is 7.63. The van der Waals surface area contributed by atoms with Crippen molar-refractivity contribution in [2.75, 3.05) is 0 Å². The average molecular weight is 227 g/mol. The third kappa shape index (κ3) is 4.52. The Balaban J connectivity index is 2.40. The van der Waals surface area contributed by atoms with E-state index in [1.165, 1.54) is 32.1 Å². The monoisotopic (exact) mass is 227 g/mol. The topological polar surface area (TPSA) is 49.3 Å². The molecule has 2 N–H and O–H groups in total. The Kier molecular flexibility index (Phi) is 5.81. The van der Waals surface area contributed by atoms with Gasteiger partial charge in [0.2, 0.25) is 0 Å². The largest absolute Gasteiger partial charge is 0.480 e. The predicted molar refractivity (Wildman–Crippen MR) is 65.5 cm³/mol. The SMILES string of the molecule is CCC(C)NC(CC1CCCCC1)C(=O)O. The summed E-state index contributed by atoms with van der Waals surface area (Å²) >= 11 is 0. The molecule has 3 nitrogen and oxygen atoms in total. The third-order valence-electron chi connectivity index (χ3n) is 3.69. The molecule has 2 unspecified atom stereocenters. The molecule has 0 bridgehead atoms. The lowest BCUT2D eigenvalue weighted by Crippen LogP contribution is -2.43. The molecule has 2 atom stereocenters. The van der Waals surface area contributed by atoms with Crippen molar-refractivity contribution in [3.8, 4) is 0 Å². The van der Waals surface area contributed by atoms with Gasteiger partial charge in [-0.05, 0) is 25.7 Å². The number of rotatable bonds is 6. The van der Waals surface area contributed by atoms with Crippen LogP contribution >= 0.6 is 0 Å². The quantitative estimate of drug-likeness (QED) is 0.733. The van der Waals surface area contributed by atoms with Crippen molar-refractivity contribution in [2.24, 2.45) is 5.92 Å². The molecule has 1 fully saturated rings. The van der Waals surface area contributed by atoms with E-state index in [2.05, 4.69) is 19.2 Å². The highest BCUT2D eigenvalue weighted by Crippen LogP contribution is 2.27. The molecule has 0 spiro atoms. The van der Waals surface area contributed by atoms with E-state index in [-0.39, 0.29) is 6.04 Å². The summed E-state index contributed by atoms with van der Waals surface area (Å²) in [6, 6.07) is -0.0530. The standard InChI is InChI=1S/C13H25NO2/c1-3-10(2)14-12(13(15)16)9-11-7-5-4-6-8-11/h10-12,14H,3-9H2,1-2H3,(H,15,16). The van der Waals surface area contributed by atoms with E-state index in [4.69, 9.17) is 0 Å². The Morgan fingerprint density at radius 2 is 2.00 bits per heavy atom. The van der Waals surface area contributed by atoms with Crippen LogP contribution < -0.4 is 5.32 Å². The van der Waals surface area contributed by atoms with Crippen LogP contribution in [0.1, 0.15) is 58.8 Å². The van der Waals surface area contributed by atoms with Gasteiger partial charge in [0.1, 0.15) is 6.04 Å². The highest BCUT2D eigenvalue weighted by atomic mass is 16.4. The maximum absolute atomic E-state index is 11.2. The Morgan fingerprint density at radius 1 is 1.38 bits per heavy atom. The Bertz CT molecular complexity index is 212. The van der Waals surface area contributed by atoms with Crippen molar-refractivity contribution in [1.29, 1.82) is 0 Å². The number of hydrogen-bond acceptors (Lipinski definition) is 2. The van der Waals surface area contributed by atoms with Crippen LogP contribution in [0.5, 0.6) is 0 Å². The van der Waals surface area contributed by atoms with Crippen molar-refractivity contribution in [2.45, 2.75) is 70.9 Å². The van der Waals surface area contributed by atoms with Crippen LogP contribution in [-0.2, 0) is 4.79 Å². The zero-order valence-electron chi connectivity index (χ0n) is 10.5. The van der Waals surface area contributed by atoms with Gasteiger partial charge < -0.3 is 10.4 Å². The second-order valence-corrected chi connectivity index (χ2v) is 5.11. The average Bonchev–Trinajstić information content (AvgIpc) is 2.29. The van der Waals surface area contributed by atoms with Crippen molar-refractivity contribution in [3.63, 3.8) is 0 Å². The lowest BCUT2D eigenvalue weighted by Gasteiger charge is -2.26. The molecule has 0 amide bonds. The Hall–Kier alpha value is -0.570.